The van der Waals surface area contributed by atoms with E-state index in [1.165, 1.54) is 0 Å². The topological polar surface area (TPSA) is 110 Å². The number of benzene rings is 2. The average Bonchev–Trinajstić information content (AvgIpc) is 2.98. The van der Waals surface area contributed by atoms with Crippen molar-refractivity contribution in [2.24, 2.45) is 5.73 Å². The summed E-state index contributed by atoms with van der Waals surface area (Å²) < 4.78 is 41.8. The smallest absolute Gasteiger partial charge is 0.354 e. The molecule has 216 valence electrons. The van der Waals surface area contributed by atoms with Crippen LogP contribution in [-0.4, -0.2) is 61.0 Å². The van der Waals surface area contributed by atoms with E-state index < -0.39 is 11.7 Å². The molecule has 0 atom stereocenters. The van der Waals surface area contributed by atoms with Crippen molar-refractivity contribution in [3.8, 4) is 6.07 Å². The first kappa shape index (κ1) is 30.3. The number of amides is 1. The molecule has 4 N–H and O–H groups in total. The first-order chi connectivity index (χ1) is 19.7. The highest BCUT2D eigenvalue weighted by atomic mass is 32.2. The van der Waals surface area contributed by atoms with Crippen molar-refractivity contribution in [2.75, 3.05) is 56.0 Å². The van der Waals surface area contributed by atoms with E-state index in [-0.39, 0.29) is 17.4 Å². The van der Waals surface area contributed by atoms with E-state index in [0.29, 0.717) is 44.0 Å². The Kier molecular flexibility index (Phi) is 10.6. The van der Waals surface area contributed by atoms with Gasteiger partial charge in [0.2, 0.25) is 0 Å². The van der Waals surface area contributed by atoms with Gasteiger partial charge in [0.05, 0.1) is 5.56 Å². The van der Waals surface area contributed by atoms with E-state index in [1.54, 1.807) is 22.9 Å². The summed E-state index contributed by atoms with van der Waals surface area (Å²) in [6.45, 7) is 4.59. The lowest BCUT2D eigenvalue weighted by Crippen LogP contribution is -2.43. The van der Waals surface area contributed by atoms with Gasteiger partial charge in [-0.2, -0.15) is 18.4 Å². The fraction of sp³-hybridized carbons (Fsp3) is 0.345. The quantitative estimate of drug-likeness (QED) is 0.223. The molecular weight excluding hydrogens is 551 g/mol. The van der Waals surface area contributed by atoms with Crippen LogP contribution in [0.2, 0.25) is 0 Å². The van der Waals surface area contributed by atoms with Gasteiger partial charge in [0.1, 0.15) is 17.6 Å². The number of aromatic nitrogens is 1. The van der Waals surface area contributed by atoms with Crippen LogP contribution < -0.4 is 21.3 Å². The fourth-order valence-corrected chi connectivity index (χ4v) is 5.17. The number of nitrogens with zero attached hydrogens (tertiary/aromatic N) is 4. The lowest BCUT2D eigenvalue weighted by Gasteiger charge is -2.34. The Balaban J connectivity index is 1.25. The Morgan fingerprint density at radius 1 is 1.02 bits per heavy atom. The van der Waals surface area contributed by atoms with Crippen LogP contribution in [0.1, 0.15) is 33.6 Å². The summed E-state index contributed by atoms with van der Waals surface area (Å²) in [7, 11) is 0. The minimum absolute atomic E-state index is 0.158. The zero-order chi connectivity index (χ0) is 29.2. The van der Waals surface area contributed by atoms with Gasteiger partial charge in [0.25, 0.3) is 5.91 Å². The molecule has 1 fully saturated rings. The molecule has 4 rings (SSSR count). The van der Waals surface area contributed by atoms with Crippen molar-refractivity contribution in [1.29, 1.82) is 5.26 Å². The summed E-state index contributed by atoms with van der Waals surface area (Å²) >= 11 is 1.54. The normalized spacial score (nSPS) is 14.1. The van der Waals surface area contributed by atoms with Crippen LogP contribution in [0.15, 0.2) is 65.6 Å². The number of carbonyl (C=O) groups excluding carboxylic acids is 1. The molecule has 0 unspecified atom stereocenters. The molecule has 8 nitrogen and oxygen atoms in total. The number of nitrogens with one attached hydrogen (secondary N) is 2. The van der Waals surface area contributed by atoms with Crippen LogP contribution in [0.25, 0.3) is 0 Å². The summed E-state index contributed by atoms with van der Waals surface area (Å²) in [4.78, 5) is 19.5. The zero-order valence-electron chi connectivity index (χ0n) is 22.5. The molecule has 1 aliphatic heterocycles. The first-order valence-electron chi connectivity index (χ1n) is 13.3. The third kappa shape index (κ3) is 8.93. The zero-order valence-corrected chi connectivity index (χ0v) is 23.3. The van der Waals surface area contributed by atoms with E-state index in [9.17, 15) is 18.0 Å². The Morgan fingerprint density at radius 3 is 2.37 bits per heavy atom. The molecule has 0 aliphatic carbocycles. The van der Waals surface area contributed by atoms with E-state index in [0.717, 1.165) is 48.5 Å². The minimum Gasteiger partial charge on any atom is -0.354 e. The van der Waals surface area contributed by atoms with Crippen LogP contribution in [0, 0.1) is 11.3 Å². The number of nitriles is 1. The monoisotopic (exact) mass is 583 g/mol. The van der Waals surface area contributed by atoms with Gasteiger partial charge in [-0.1, -0.05) is 12.1 Å². The van der Waals surface area contributed by atoms with E-state index in [2.05, 4.69) is 19.9 Å². The maximum Gasteiger partial charge on any atom is 0.416 e. The number of alkyl halides is 3. The lowest BCUT2D eigenvalue weighted by molar-refractivity contribution is -0.137. The number of anilines is 2. The number of rotatable bonds is 11. The Morgan fingerprint density at radius 2 is 1.73 bits per heavy atom. The van der Waals surface area contributed by atoms with Crippen molar-refractivity contribution in [3.05, 3.63) is 83.0 Å². The number of hydrogen-bond donors (Lipinski definition) is 3. The number of piperazine rings is 1. The Labute approximate surface area is 241 Å². The van der Waals surface area contributed by atoms with Gasteiger partial charge >= 0.3 is 6.18 Å². The average molecular weight is 584 g/mol. The second kappa shape index (κ2) is 14.3. The maximum absolute atomic E-state index is 13.2. The molecule has 0 radical (unpaired) electrons. The molecule has 1 aliphatic rings. The number of pyridine rings is 1. The fourth-order valence-electron chi connectivity index (χ4n) is 4.27. The standard InChI is InChI=1S/C29H32F3N7OS/c30-29(31,32)23-18-25(20-34)36-27(19-23)38-14-16-39(17-15-38)41-26-8-6-24(7-9-26)37-28(40)22-4-2-21(3-5-22)10-13-35-12-1-11-33/h2-9,18-19,35H,1,10-17,33H2,(H,37,40). The highest BCUT2D eigenvalue weighted by molar-refractivity contribution is 7.97. The summed E-state index contributed by atoms with van der Waals surface area (Å²) in [5.74, 6) is -0.0250. The second-order valence-corrected chi connectivity index (χ2v) is 10.7. The van der Waals surface area contributed by atoms with Gasteiger partial charge in [-0.15, -0.1) is 0 Å². The lowest BCUT2D eigenvalue weighted by atomic mass is 10.1. The highest BCUT2D eigenvalue weighted by Gasteiger charge is 2.32. The van der Waals surface area contributed by atoms with Crippen LogP contribution in [0.5, 0.6) is 0 Å². The number of nitrogens with two attached hydrogens (primary N) is 1. The Hall–Kier alpha value is -3.63. The van der Waals surface area contributed by atoms with Gasteiger partial charge in [0.15, 0.2) is 0 Å². The van der Waals surface area contributed by atoms with Crippen molar-refractivity contribution in [3.63, 3.8) is 0 Å². The second-order valence-electron chi connectivity index (χ2n) is 9.53. The third-order valence-electron chi connectivity index (χ3n) is 6.53. The highest BCUT2D eigenvalue weighted by Crippen LogP contribution is 2.32. The predicted octanol–water partition coefficient (Wildman–Crippen LogP) is 4.53. The largest absolute Gasteiger partial charge is 0.416 e. The summed E-state index contributed by atoms with van der Waals surface area (Å²) in [6.07, 6.45) is -2.71. The molecule has 2 aromatic carbocycles. The molecular formula is C29H32F3N7OS. The third-order valence-corrected chi connectivity index (χ3v) is 7.63. The van der Waals surface area contributed by atoms with Crippen molar-refractivity contribution < 1.29 is 18.0 Å². The van der Waals surface area contributed by atoms with Crippen LogP contribution in [0.3, 0.4) is 0 Å². The number of halogens is 3. The van der Waals surface area contributed by atoms with Gasteiger partial charge in [-0.25, -0.2) is 9.29 Å². The van der Waals surface area contributed by atoms with Crippen molar-refractivity contribution in [2.45, 2.75) is 23.9 Å². The van der Waals surface area contributed by atoms with E-state index in [4.69, 9.17) is 11.0 Å². The van der Waals surface area contributed by atoms with E-state index >= 15 is 0 Å². The van der Waals surface area contributed by atoms with Gasteiger partial charge in [-0.05, 0) is 98.5 Å². The Bertz CT molecular complexity index is 1340. The maximum atomic E-state index is 13.2. The number of hydrogen-bond acceptors (Lipinski definition) is 8. The molecule has 1 saturated heterocycles. The van der Waals surface area contributed by atoms with Gasteiger partial charge in [-0.3, -0.25) is 4.79 Å². The summed E-state index contributed by atoms with van der Waals surface area (Å²) in [5, 5.41) is 15.4. The molecule has 0 spiro atoms. The first-order valence-corrected chi connectivity index (χ1v) is 14.1. The summed E-state index contributed by atoms with van der Waals surface area (Å²) in [6, 6.07) is 18.6. The molecule has 2 heterocycles. The molecule has 0 saturated carbocycles. The van der Waals surface area contributed by atoms with Crippen molar-refractivity contribution in [1.82, 2.24) is 14.6 Å². The van der Waals surface area contributed by atoms with Crippen LogP contribution in [-0.2, 0) is 12.6 Å². The van der Waals surface area contributed by atoms with Crippen LogP contribution >= 0.6 is 11.9 Å². The van der Waals surface area contributed by atoms with Gasteiger partial charge < -0.3 is 21.3 Å². The predicted molar refractivity (Wildman–Crippen MR) is 155 cm³/mol. The molecule has 41 heavy (non-hydrogen) atoms. The van der Waals surface area contributed by atoms with Gasteiger partial charge in [0, 0.05) is 42.3 Å². The molecule has 1 aromatic heterocycles. The SMILES string of the molecule is N#Cc1cc(C(F)(F)F)cc(N2CCN(Sc3ccc(NC(=O)c4ccc(CCNCCCN)cc4)cc3)CC2)n1. The van der Waals surface area contributed by atoms with Crippen molar-refractivity contribution >= 4 is 29.4 Å². The molecule has 3 aromatic rings. The van der Waals surface area contributed by atoms with Crippen LogP contribution in [0.4, 0.5) is 24.7 Å². The number of carbonyl (C=O) groups is 1. The molecule has 12 heteroatoms. The molecule has 1 amide bonds. The van der Waals surface area contributed by atoms with E-state index in [1.807, 2.05) is 48.5 Å². The molecule has 0 bridgehead atoms. The summed E-state index contributed by atoms with van der Waals surface area (Å²) in [5.41, 5.74) is 6.79. The minimum atomic E-state index is -4.54.